The van der Waals surface area contributed by atoms with E-state index >= 15 is 0 Å². The van der Waals surface area contributed by atoms with E-state index in [9.17, 15) is 9.59 Å². The van der Waals surface area contributed by atoms with Gasteiger partial charge in [-0.2, -0.15) is 0 Å². The lowest BCUT2D eigenvalue weighted by Crippen LogP contribution is -2.54. The Balaban J connectivity index is 2.56. The lowest BCUT2D eigenvalue weighted by Gasteiger charge is -2.33. The van der Waals surface area contributed by atoms with Gasteiger partial charge in [0.1, 0.15) is 0 Å². The minimum Gasteiger partial charge on any atom is -0.481 e. The van der Waals surface area contributed by atoms with Crippen LogP contribution in [0.5, 0.6) is 0 Å². The molecule has 2 N–H and O–H groups in total. The monoisotopic (exact) mass is 198 g/mol. The van der Waals surface area contributed by atoms with Crippen molar-refractivity contribution >= 4 is 11.9 Å². The molecule has 1 fully saturated rings. The van der Waals surface area contributed by atoms with Crippen molar-refractivity contribution in [3.63, 3.8) is 0 Å². The third-order valence-corrected chi connectivity index (χ3v) is 2.17. The smallest absolute Gasteiger partial charge is 0.305 e. The Morgan fingerprint density at radius 2 is 2.50 bits per heavy atom. The second kappa shape index (κ2) is 4.76. The van der Waals surface area contributed by atoms with E-state index in [4.69, 9.17) is 5.11 Å². The van der Waals surface area contributed by atoms with Crippen molar-refractivity contribution in [1.29, 1.82) is 0 Å². The average molecular weight is 198 g/mol. The minimum atomic E-state index is -0.847. The molecule has 0 spiro atoms. The maximum Gasteiger partial charge on any atom is 0.305 e. The topological polar surface area (TPSA) is 69.6 Å². The van der Waals surface area contributed by atoms with Crippen LogP contribution in [0.1, 0.15) is 6.42 Å². The molecular formula is C9H14N2O3. The van der Waals surface area contributed by atoms with Gasteiger partial charge in [-0.3, -0.25) is 14.5 Å². The molecule has 1 amide bonds. The van der Waals surface area contributed by atoms with Gasteiger partial charge in [-0.05, 0) is 0 Å². The number of carboxylic acid groups (broad SMARTS) is 1. The lowest BCUT2D eigenvalue weighted by atomic mass is 10.1. The Labute approximate surface area is 82.4 Å². The van der Waals surface area contributed by atoms with Crippen LogP contribution >= 0.6 is 0 Å². The number of carbonyl (C=O) groups excluding carboxylic acids is 1. The molecule has 0 aromatic heterocycles. The molecule has 0 radical (unpaired) electrons. The van der Waals surface area contributed by atoms with Crippen LogP contribution in [-0.4, -0.2) is 47.6 Å². The predicted octanol–water partition coefficient (Wildman–Crippen LogP) is -0.552. The van der Waals surface area contributed by atoms with Gasteiger partial charge in [0.2, 0.25) is 5.91 Å². The summed E-state index contributed by atoms with van der Waals surface area (Å²) in [6, 6.07) is -0.122. The van der Waals surface area contributed by atoms with Gasteiger partial charge >= 0.3 is 5.97 Å². The first kappa shape index (κ1) is 10.7. The maximum absolute atomic E-state index is 11.0. The fourth-order valence-corrected chi connectivity index (χ4v) is 1.51. The third-order valence-electron chi connectivity index (χ3n) is 2.17. The van der Waals surface area contributed by atoms with Gasteiger partial charge in [0.15, 0.2) is 0 Å². The van der Waals surface area contributed by atoms with E-state index < -0.39 is 5.97 Å². The highest BCUT2D eigenvalue weighted by atomic mass is 16.4. The predicted molar refractivity (Wildman–Crippen MR) is 50.8 cm³/mol. The van der Waals surface area contributed by atoms with Gasteiger partial charge in [0, 0.05) is 19.1 Å². The fraction of sp³-hybridized carbons (Fsp3) is 0.556. The van der Waals surface area contributed by atoms with Crippen molar-refractivity contribution in [2.24, 2.45) is 0 Å². The first-order valence-corrected chi connectivity index (χ1v) is 4.47. The molecule has 1 aliphatic rings. The van der Waals surface area contributed by atoms with E-state index in [1.54, 1.807) is 6.08 Å². The molecule has 0 saturated carbocycles. The number of aliphatic carboxylic acids is 1. The molecule has 0 aromatic carbocycles. The Bertz CT molecular complexity index is 252. The summed E-state index contributed by atoms with van der Waals surface area (Å²) >= 11 is 0. The summed E-state index contributed by atoms with van der Waals surface area (Å²) in [6.07, 6.45) is 1.72. The summed E-state index contributed by atoms with van der Waals surface area (Å²) in [5.74, 6) is -0.909. The number of rotatable bonds is 4. The van der Waals surface area contributed by atoms with E-state index in [0.29, 0.717) is 13.1 Å². The van der Waals surface area contributed by atoms with Crippen LogP contribution in [0.4, 0.5) is 0 Å². The molecular weight excluding hydrogens is 184 g/mol. The summed E-state index contributed by atoms with van der Waals surface area (Å²) in [6.45, 7) is 4.78. The van der Waals surface area contributed by atoms with Crippen LogP contribution in [0.25, 0.3) is 0 Å². The Kier molecular flexibility index (Phi) is 3.64. The molecule has 1 heterocycles. The Hall–Kier alpha value is -1.36. The fourth-order valence-electron chi connectivity index (χ4n) is 1.51. The number of hydrogen-bond acceptors (Lipinski definition) is 3. The number of carboxylic acids is 1. The minimum absolute atomic E-state index is 0.0497. The summed E-state index contributed by atoms with van der Waals surface area (Å²) in [4.78, 5) is 23.4. The van der Waals surface area contributed by atoms with Crippen LogP contribution in [0.2, 0.25) is 0 Å². The van der Waals surface area contributed by atoms with Gasteiger partial charge < -0.3 is 10.4 Å². The molecule has 1 saturated heterocycles. The lowest BCUT2D eigenvalue weighted by molar-refractivity contribution is -0.140. The van der Waals surface area contributed by atoms with Crippen molar-refractivity contribution in [3.8, 4) is 0 Å². The largest absolute Gasteiger partial charge is 0.481 e. The van der Waals surface area contributed by atoms with Crippen molar-refractivity contribution in [2.75, 3.05) is 19.6 Å². The van der Waals surface area contributed by atoms with Gasteiger partial charge in [-0.1, -0.05) is 6.08 Å². The number of nitrogens with one attached hydrogen (secondary N) is 1. The highest BCUT2D eigenvalue weighted by Gasteiger charge is 2.26. The standard InChI is InChI=1S/C9H14N2O3/c1-2-3-11-6-8(12)10-5-7(11)4-9(13)14/h2,7H,1,3-6H2,(H,10,12)(H,13,14). The molecule has 78 valence electrons. The van der Waals surface area contributed by atoms with Crippen LogP contribution < -0.4 is 5.32 Å². The molecule has 0 aromatic rings. The van der Waals surface area contributed by atoms with Crippen LogP contribution in [0, 0.1) is 0 Å². The number of carbonyl (C=O) groups is 2. The van der Waals surface area contributed by atoms with Crippen LogP contribution in [-0.2, 0) is 9.59 Å². The van der Waals surface area contributed by atoms with Gasteiger partial charge in [-0.25, -0.2) is 0 Å². The summed E-state index contributed by atoms with van der Waals surface area (Å²) in [5, 5.41) is 11.3. The first-order chi connectivity index (χ1) is 6.63. The van der Waals surface area contributed by atoms with Crippen LogP contribution in [0.3, 0.4) is 0 Å². The Morgan fingerprint density at radius 1 is 1.79 bits per heavy atom. The zero-order valence-corrected chi connectivity index (χ0v) is 7.90. The highest BCUT2D eigenvalue weighted by Crippen LogP contribution is 2.07. The van der Waals surface area contributed by atoms with Crippen molar-refractivity contribution in [2.45, 2.75) is 12.5 Å². The highest BCUT2D eigenvalue weighted by molar-refractivity contribution is 5.79. The van der Waals surface area contributed by atoms with E-state index in [0.717, 1.165) is 0 Å². The van der Waals surface area contributed by atoms with Crippen molar-refractivity contribution < 1.29 is 14.7 Å². The number of piperazine rings is 1. The SMILES string of the molecule is C=CCN1CC(=O)NCC1CC(=O)O. The first-order valence-electron chi connectivity index (χ1n) is 4.47. The molecule has 1 atom stereocenters. The van der Waals surface area contributed by atoms with Crippen molar-refractivity contribution in [3.05, 3.63) is 12.7 Å². The summed E-state index contributed by atoms with van der Waals surface area (Å²) in [5.41, 5.74) is 0. The Morgan fingerprint density at radius 3 is 3.07 bits per heavy atom. The molecule has 1 aliphatic heterocycles. The number of nitrogens with zero attached hydrogens (tertiary/aromatic N) is 1. The van der Waals surface area contributed by atoms with E-state index in [1.165, 1.54) is 0 Å². The maximum atomic E-state index is 11.0. The second-order valence-electron chi connectivity index (χ2n) is 3.27. The summed E-state index contributed by atoms with van der Waals surface area (Å²) in [7, 11) is 0. The van der Waals surface area contributed by atoms with Gasteiger partial charge in [0.05, 0.1) is 13.0 Å². The van der Waals surface area contributed by atoms with E-state index in [-0.39, 0.29) is 24.9 Å². The molecule has 1 rings (SSSR count). The van der Waals surface area contributed by atoms with E-state index in [1.807, 2.05) is 4.90 Å². The van der Waals surface area contributed by atoms with Crippen LogP contribution in [0.15, 0.2) is 12.7 Å². The quantitative estimate of drug-likeness (QED) is 0.594. The van der Waals surface area contributed by atoms with E-state index in [2.05, 4.69) is 11.9 Å². The zero-order valence-electron chi connectivity index (χ0n) is 7.90. The molecule has 14 heavy (non-hydrogen) atoms. The van der Waals surface area contributed by atoms with Gasteiger partial charge in [-0.15, -0.1) is 6.58 Å². The molecule has 0 bridgehead atoms. The number of amides is 1. The average Bonchev–Trinajstić information content (AvgIpc) is 2.09. The molecule has 5 nitrogen and oxygen atoms in total. The second-order valence-corrected chi connectivity index (χ2v) is 3.27. The number of hydrogen-bond donors (Lipinski definition) is 2. The van der Waals surface area contributed by atoms with Gasteiger partial charge in [0.25, 0.3) is 0 Å². The van der Waals surface area contributed by atoms with Crippen molar-refractivity contribution in [1.82, 2.24) is 10.2 Å². The summed E-state index contributed by atoms with van der Waals surface area (Å²) < 4.78 is 0. The normalized spacial score (nSPS) is 22.9. The zero-order chi connectivity index (χ0) is 10.6. The molecule has 1 unspecified atom stereocenters. The molecule has 5 heteroatoms. The molecule has 0 aliphatic carbocycles. The third kappa shape index (κ3) is 2.85.